The first kappa shape index (κ1) is 17.8. The van der Waals surface area contributed by atoms with E-state index in [9.17, 15) is 18.3 Å². The van der Waals surface area contributed by atoms with E-state index in [2.05, 4.69) is 10.3 Å². The average Bonchev–Trinajstić information content (AvgIpc) is 3.32. The fourth-order valence-corrected chi connectivity index (χ4v) is 4.41. The predicted octanol–water partition coefficient (Wildman–Crippen LogP) is 4.61. The third-order valence-electron chi connectivity index (χ3n) is 6.21. The van der Waals surface area contributed by atoms with Crippen LogP contribution >= 0.6 is 0 Å². The van der Waals surface area contributed by atoms with Gasteiger partial charge < -0.3 is 15.4 Å². The number of aliphatic hydroxyl groups is 1. The van der Waals surface area contributed by atoms with Gasteiger partial charge in [-0.1, -0.05) is 0 Å². The molecule has 2 aliphatic carbocycles. The molecule has 0 spiro atoms. The first-order chi connectivity index (χ1) is 13.5. The van der Waals surface area contributed by atoms with Crippen LogP contribution in [0.1, 0.15) is 37.2 Å². The van der Waals surface area contributed by atoms with Crippen LogP contribution in [0.15, 0.2) is 36.4 Å². The van der Waals surface area contributed by atoms with Crippen molar-refractivity contribution in [3.8, 4) is 11.3 Å². The highest BCUT2D eigenvalue weighted by Crippen LogP contribution is 2.47. The molecule has 3 N–H and O–H groups in total. The maximum absolute atomic E-state index is 14.4. The molecule has 0 bridgehead atoms. The Bertz CT molecular complexity index is 1030. The van der Waals surface area contributed by atoms with E-state index in [0.717, 1.165) is 42.9 Å². The van der Waals surface area contributed by atoms with Gasteiger partial charge in [0.1, 0.15) is 17.5 Å². The van der Waals surface area contributed by atoms with Gasteiger partial charge in [0, 0.05) is 23.0 Å². The molecule has 146 valence electrons. The summed E-state index contributed by atoms with van der Waals surface area (Å²) in [7, 11) is 0. The van der Waals surface area contributed by atoms with Crippen molar-refractivity contribution in [1.82, 2.24) is 10.3 Å². The lowest BCUT2D eigenvalue weighted by Crippen LogP contribution is -2.48. The largest absolute Gasteiger partial charge is 0.394 e. The van der Waals surface area contributed by atoms with E-state index in [4.69, 9.17) is 0 Å². The number of rotatable bonds is 5. The second kappa shape index (κ2) is 6.36. The van der Waals surface area contributed by atoms with E-state index in [1.807, 2.05) is 0 Å². The zero-order valence-corrected chi connectivity index (χ0v) is 15.2. The normalized spacial score (nSPS) is 23.0. The van der Waals surface area contributed by atoms with Crippen molar-refractivity contribution in [2.45, 2.75) is 43.2 Å². The zero-order valence-electron chi connectivity index (χ0n) is 15.2. The Morgan fingerprint density at radius 3 is 2.39 bits per heavy atom. The molecule has 2 aromatic carbocycles. The maximum Gasteiger partial charge on any atom is 0.150 e. The molecular formula is C22H21F3N2O. The standard InChI is InChI=1S/C22H21F3N2O/c23-14-3-1-12(2-4-14)20-19(17-9-15(24)10-18(25)21(17)26-20)13-7-16(8-13)27-22(11-28)5-6-22/h1-4,9-10,13,16,26-28H,5-8,11H2. The van der Waals surface area contributed by atoms with Crippen molar-refractivity contribution in [3.63, 3.8) is 0 Å². The Balaban J connectivity index is 1.53. The molecule has 6 heteroatoms. The third kappa shape index (κ3) is 2.91. The fourth-order valence-electron chi connectivity index (χ4n) is 4.41. The lowest BCUT2D eigenvalue weighted by Gasteiger charge is -2.39. The van der Waals surface area contributed by atoms with Gasteiger partial charge in [-0.3, -0.25) is 0 Å². The third-order valence-corrected chi connectivity index (χ3v) is 6.21. The van der Waals surface area contributed by atoms with Gasteiger partial charge in [0.2, 0.25) is 0 Å². The first-order valence-electron chi connectivity index (χ1n) is 9.63. The van der Waals surface area contributed by atoms with Crippen molar-refractivity contribution in [2.75, 3.05) is 6.61 Å². The molecule has 3 nitrogen and oxygen atoms in total. The maximum atomic E-state index is 14.4. The number of hydrogen-bond donors (Lipinski definition) is 3. The van der Waals surface area contributed by atoms with E-state index in [1.165, 1.54) is 18.2 Å². The molecule has 1 heterocycles. The summed E-state index contributed by atoms with van der Waals surface area (Å²) in [5.74, 6) is -1.44. The molecule has 0 unspecified atom stereocenters. The summed E-state index contributed by atoms with van der Waals surface area (Å²) in [4.78, 5) is 3.11. The summed E-state index contributed by atoms with van der Waals surface area (Å²) in [5, 5.41) is 13.6. The molecule has 0 amide bonds. The molecule has 5 rings (SSSR count). The van der Waals surface area contributed by atoms with Crippen molar-refractivity contribution < 1.29 is 18.3 Å². The molecule has 0 radical (unpaired) electrons. The van der Waals surface area contributed by atoms with Crippen LogP contribution in [-0.4, -0.2) is 28.3 Å². The van der Waals surface area contributed by atoms with Gasteiger partial charge >= 0.3 is 0 Å². The van der Waals surface area contributed by atoms with Gasteiger partial charge in [0.05, 0.1) is 17.8 Å². The number of hydrogen-bond acceptors (Lipinski definition) is 2. The summed E-state index contributed by atoms with van der Waals surface area (Å²) in [6.45, 7) is 0.137. The van der Waals surface area contributed by atoms with Gasteiger partial charge in [0.25, 0.3) is 0 Å². The van der Waals surface area contributed by atoms with E-state index in [1.54, 1.807) is 12.1 Å². The highest BCUT2D eigenvalue weighted by Gasteiger charge is 2.46. The summed E-state index contributed by atoms with van der Waals surface area (Å²) in [6.07, 6.45) is 3.63. The second-order valence-corrected chi connectivity index (χ2v) is 8.18. The SMILES string of the molecule is OCC1(NC2CC(c3c(-c4ccc(F)cc4)[nH]c4c(F)cc(F)cc34)C2)CC1. The van der Waals surface area contributed by atoms with Crippen molar-refractivity contribution in [2.24, 2.45) is 0 Å². The highest BCUT2D eigenvalue weighted by atomic mass is 19.1. The Morgan fingerprint density at radius 1 is 1.04 bits per heavy atom. The summed E-state index contributed by atoms with van der Waals surface area (Å²) in [5.41, 5.74) is 2.49. The molecule has 2 fully saturated rings. The molecule has 2 saturated carbocycles. The number of benzene rings is 2. The number of halogens is 3. The van der Waals surface area contributed by atoms with Crippen molar-refractivity contribution in [3.05, 3.63) is 59.4 Å². The Labute approximate surface area is 160 Å². The minimum atomic E-state index is -0.629. The van der Waals surface area contributed by atoms with E-state index in [-0.39, 0.29) is 35.4 Å². The molecule has 2 aliphatic rings. The number of aromatic amines is 1. The summed E-state index contributed by atoms with van der Waals surface area (Å²) in [6, 6.07) is 8.56. The Kier molecular flexibility index (Phi) is 4.03. The van der Waals surface area contributed by atoms with Gasteiger partial charge in [-0.2, -0.15) is 0 Å². The van der Waals surface area contributed by atoms with E-state index >= 15 is 0 Å². The van der Waals surface area contributed by atoms with Crippen LogP contribution in [-0.2, 0) is 0 Å². The van der Waals surface area contributed by atoms with Gasteiger partial charge in [-0.25, -0.2) is 13.2 Å². The molecular weight excluding hydrogens is 365 g/mol. The van der Waals surface area contributed by atoms with Crippen molar-refractivity contribution in [1.29, 1.82) is 0 Å². The number of aromatic nitrogens is 1. The van der Waals surface area contributed by atoms with Crippen LogP contribution in [0, 0.1) is 17.5 Å². The molecule has 1 aromatic heterocycles. The van der Waals surface area contributed by atoms with Crippen LogP contribution in [0.25, 0.3) is 22.2 Å². The van der Waals surface area contributed by atoms with Crippen LogP contribution in [0.4, 0.5) is 13.2 Å². The van der Waals surface area contributed by atoms with E-state index in [0.29, 0.717) is 11.1 Å². The number of H-pyrrole nitrogens is 1. The molecule has 0 atom stereocenters. The Morgan fingerprint density at radius 2 is 1.75 bits per heavy atom. The van der Waals surface area contributed by atoms with Crippen molar-refractivity contribution >= 4 is 10.9 Å². The lowest BCUT2D eigenvalue weighted by atomic mass is 9.74. The Hall–Kier alpha value is -2.31. The minimum absolute atomic E-state index is 0.131. The monoisotopic (exact) mass is 386 g/mol. The summed E-state index contributed by atoms with van der Waals surface area (Å²) < 4.78 is 41.7. The predicted molar refractivity (Wildman–Crippen MR) is 102 cm³/mol. The van der Waals surface area contributed by atoms with Gasteiger partial charge in [-0.15, -0.1) is 0 Å². The van der Waals surface area contributed by atoms with Crippen LogP contribution in [0.2, 0.25) is 0 Å². The van der Waals surface area contributed by atoms with Crippen LogP contribution < -0.4 is 5.32 Å². The zero-order chi connectivity index (χ0) is 19.5. The van der Waals surface area contributed by atoms with Crippen LogP contribution in [0.3, 0.4) is 0 Å². The molecule has 28 heavy (non-hydrogen) atoms. The molecule has 3 aromatic rings. The number of nitrogens with one attached hydrogen (secondary N) is 2. The number of aliphatic hydroxyl groups excluding tert-OH is 1. The second-order valence-electron chi connectivity index (χ2n) is 8.18. The molecule has 0 aliphatic heterocycles. The smallest absolute Gasteiger partial charge is 0.150 e. The first-order valence-corrected chi connectivity index (χ1v) is 9.63. The minimum Gasteiger partial charge on any atom is -0.394 e. The average molecular weight is 386 g/mol. The topological polar surface area (TPSA) is 48.0 Å². The highest BCUT2D eigenvalue weighted by molar-refractivity contribution is 5.92. The lowest BCUT2D eigenvalue weighted by molar-refractivity contribution is 0.184. The molecule has 0 saturated heterocycles. The van der Waals surface area contributed by atoms with Gasteiger partial charge in [-0.05, 0) is 73.1 Å². The van der Waals surface area contributed by atoms with Gasteiger partial charge in [0.15, 0.2) is 0 Å². The fraction of sp³-hybridized carbons (Fsp3) is 0.364. The quantitative estimate of drug-likeness (QED) is 0.600. The number of fused-ring (bicyclic) bond motifs is 1. The van der Waals surface area contributed by atoms with Crippen LogP contribution in [0.5, 0.6) is 0 Å². The summed E-state index contributed by atoms with van der Waals surface area (Å²) >= 11 is 0. The van der Waals surface area contributed by atoms with E-state index < -0.39 is 11.6 Å².